The van der Waals surface area contributed by atoms with Crippen molar-refractivity contribution in [2.75, 3.05) is 11.1 Å². The number of hydrogen-bond donors (Lipinski definition) is 1. The average molecular weight is 395 g/mol. The van der Waals surface area contributed by atoms with Gasteiger partial charge in [-0.1, -0.05) is 67.6 Å². The molecule has 3 rings (SSSR count). The highest BCUT2D eigenvalue weighted by molar-refractivity contribution is 7.99. The lowest BCUT2D eigenvalue weighted by Crippen LogP contribution is -2.14. The van der Waals surface area contributed by atoms with E-state index in [4.69, 9.17) is 0 Å². The van der Waals surface area contributed by atoms with Crippen molar-refractivity contribution in [3.05, 3.63) is 71.5 Å². The molecule has 0 atom stereocenters. The first kappa shape index (κ1) is 20.1. The van der Waals surface area contributed by atoms with E-state index >= 15 is 0 Å². The predicted molar refractivity (Wildman–Crippen MR) is 115 cm³/mol. The molecule has 0 spiro atoms. The minimum atomic E-state index is -0.0384. The van der Waals surface area contributed by atoms with Gasteiger partial charge in [0.05, 0.1) is 5.75 Å². The molecule has 0 aliphatic carbocycles. The zero-order chi connectivity index (χ0) is 19.8. The highest BCUT2D eigenvalue weighted by Crippen LogP contribution is 2.19. The smallest absolute Gasteiger partial charge is 0.234 e. The zero-order valence-corrected chi connectivity index (χ0v) is 17.2. The molecule has 2 aromatic carbocycles. The maximum absolute atomic E-state index is 12.3. The molecule has 0 bridgehead atoms. The second-order valence-corrected chi connectivity index (χ2v) is 7.53. The minimum Gasteiger partial charge on any atom is -0.325 e. The lowest BCUT2D eigenvalue weighted by molar-refractivity contribution is -0.113. The molecule has 6 heteroatoms. The number of nitrogens with zero attached hydrogens (tertiary/aromatic N) is 3. The van der Waals surface area contributed by atoms with E-state index in [2.05, 4.69) is 58.2 Å². The number of amides is 1. The molecule has 28 heavy (non-hydrogen) atoms. The molecule has 0 aliphatic rings. The van der Waals surface area contributed by atoms with E-state index in [1.165, 1.54) is 22.9 Å². The van der Waals surface area contributed by atoms with Crippen LogP contribution < -0.4 is 5.32 Å². The van der Waals surface area contributed by atoms with E-state index in [0.717, 1.165) is 42.5 Å². The normalized spacial score (nSPS) is 10.8. The van der Waals surface area contributed by atoms with Crippen molar-refractivity contribution >= 4 is 23.4 Å². The summed E-state index contributed by atoms with van der Waals surface area (Å²) in [5, 5.41) is 12.3. The fraction of sp³-hybridized carbons (Fsp3) is 0.318. The number of aromatic nitrogens is 3. The molecule has 3 aromatic rings. The van der Waals surface area contributed by atoms with Gasteiger partial charge in [-0.3, -0.25) is 4.79 Å². The van der Waals surface area contributed by atoms with Crippen molar-refractivity contribution in [3.8, 4) is 0 Å². The predicted octanol–water partition coefficient (Wildman–Crippen LogP) is 4.57. The van der Waals surface area contributed by atoms with E-state index in [1.807, 2.05) is 30.3 Å². The quantitative estimate of drug-likeness (QED) is 0.540. The maximum atomic E-state index is 12.3. The summed E-state index contributed by atoms with van der Waals surface area (Å²) < 4.78 is 2.07. The lowest BCUT2D eigenvalue weighted by atomic mass is 10.1. The van der Waals surface area contributed by atoms with Gasteiger partial charge in [0, 0.05) is 18.7 Å². The monoisotopic (exact) mass is 394 g/mol. The Morgan fingerprint density at radius 1 is 1.00 bits per heavy atom. The van der Waals surface area contributed by atoms with Gasteiger partial charge in [-0.25, -0.2) is 0 Å². The summed E-state index contributed by atoms with van der Waals surface area (Å²) in [6, 6.07) is 18.3. The lowest BCUT2D eigenvalue weighted by Gasteiger charge is -2.08. The van der Waals surface area contributed by atoms with Crippen LogP contribution in [0.2, 0.25) is 0 Å². The Kier molecular flexibility index (Phi) is 7.25. The number of hydrogen-bond acceptors (Lipinski definition) is 4. The molecular weight excluding hydrogens is 368 g/mol. The second kappa shape index (κ2) is 10.1. The van der Waals surface area contributed by atoms with Gasteiger partial charge in [-0.15, -0.1) is 10.2 Å². The van der Waals surface area contributed by atoms with E-state index in [0.29, 0.717) is 5.75 Å². The van der Waals surface area contributed by atoms with Crippen LogP contribution >= 0.6 is 11.8 Å². The van der Waals surface area contributed by atoms with Crippen LogP contribution in [-0.4, -0.2) is 26.4 Å². The Bertz CT molecular complexity index is 891. The Labute approximate surface area is 170 Å². The number of anilines is 1. The summed E-state index contributed by atoms with van der Waals surface area (Å²) in [6.07, 6.45) is 2.91. The molecule has 1 amide bonds. The third-order valence-electron chi connectivity index (χ3n) is 4.42. The van der Waals surface area contributed by atoms with Gasteiger partial charge < -0.3 is 9.88 Å². The number of carbonyl (C=O) groups is 1. The van der Waals surface area contributed by atoms with Crippen molar-refractivity contribution in [3.63, 3.8) is 0 Å². The molecular formula is C22H26N4OS. The fourth-order valence-corrected chi connectivity index (χ4v) is 3.84. The number of nitrogens with one attached hydrogen (secondary N) is 1. The molecule has 0 radical (unpaired) electrons. The topological polar surface area (TPSA) is 59.8 Å². The Morgan fingerprint density at radius 2 is 1.75 bits per heavy atom. The standard InChI is InChI=1S/C22H26N4OS/c1-3-8-17-11-13-19(14-12-17)23-21(27)16-28-22-25-24-20(26(22)4-2)15-18-9-6-5-7-10-18/h5-7,9-14H,3-4,8,15-16H2,1-2H3,(H,23,27). The van der Waals surface area contributed by atoms with Crippen LogP contribution in [0.1, 0.15) is 37.2 Å². The SMILES string of the molecule is CCCc1ccc(NC(=O)CSc2nnc(Cc3ccccc3)n2CC)cc1. The molecule has 146 valence electrons. The van der Waals surface area contributed by atoms with Crippen molar-refractivity contribution in [2.45, 2.75) is 44.8 Å². The van der Waals surface area contributed by atoms with Gasteiger partial charge in [-0.05, 0) is 36.6 Å². The summed E-state index contributed by atoms with van der Waals surface area (Å²) >= 11 is 1.42. The largest absolute Gasteiger partial charge is 0.325 e. The summed E-state index contributed by atoms with van der Waals surface area (Å²) in [7, 11) is 0. The summed E-state index contributed by atoms with van der Waals surface area (Å²) in [5.74, 6) is 1.19. The fourth-order valence-electron chi connectivity index (χ4n) is 3.02. The van der Waals surface area contributed by atoms with Crippen molar-refractivity contribution < 1.29 is 4.79 Å². The highest BCUT2D eigenvalue weighted by Gasteiger charge is 2.13. The van der Waals surface area contributed by atoms with Crippen molar-refractivity contribution in [1.82, 2.24) is 14.8 Å². The van der Waals surface area contributed by atoms with Crippen LogP contribution in [0.3, 0.4) is 0 Å². The summed E-state index contributed by atoms with van der Waals surface area (Å²) in [4.78, 5) is 12.3. The molecule has 1 aromatic heterocycles. The van der Waals surface area contributed by atoms with Gasteiger partial charge in [-0.2, -0.15) is 0 Å². The highest BCUT2D eigenvalue weighted by atomic mass is 32.2. The van der Waals surface area contributed by atoms with Crippen LogP contribution in [-0.2, 0) is 24.2 Å². The van der Waals surface area contributed by atoms with Crippen LogP contribution in [0.4, 0.5) is 5.69 Å². The van der Waals surface area contributed by atoms with Gasteiger partial charge in [0.25, 0.3) is 0 Å². The first-order chi connectivity index (χ1) is 13.7. The maximum Gasteiger partial charge on any atom is 0.234 e. The molecule has 1 N–H and O–H groups in total. The first-order valence-corrected chi connectivity index (χ1v) is 10.7. The number of rotatable bonds is 9. The molecule has 0 aliphatic heterocycles. The van der Waals surface area contributed by atoms with E-state index in [1.54, 1.807) is 0 Å². The first-order valence-electron chi connectivity index (χ1n) is 9.67. The molecule has 0 saturated carbocycles. The molecule has 0 unspecified atom stereocenters. The van der Waals surface area contributed by atoms with Crippen LogP contribution in [0.25, 0.3) is 0 Å². The van der Waals surface area contributed by atoms with E-state index in [9.17, 15) is 4.79 Å². The van der Waals surface area contributed by atoms with Gasteiger partial charge >= 0.3 is 0 Å². The molecule has 0 fully saturated rings. The van der Waals surface area contributed by atoms with Crippen LogP contribution in [0, 0.1) is 0 Å². The second-order valence-electron chi connectivity index (χ2n) is 6.59. The van der Waals surface area contributed by atoms with Crippen molar-refractivity contribution in [1.29, 1.82) is 0 Å². The summed E-state index contributed by atoms with van der Waals surface area (Å²) in [6.45, 7) is 5.01. The zero-order valence-electron chi connectivity index (χ0n) is 16.4. The number of benzene rings is 2. The number of carbonyl (C=O) groups excluding carboxylic acids is 1. The van der Waals surface area contributed by atoms with E-state index < -0.39 is 0 Å². The summed E-state index contributed by atoms with van der Waals surface area (Å²) in [5.41, 5.74) is 3.31. The van der Waals surface area contributed by atoms with Gasteiger partial charge in [0.2, 0.25) is 5.91 Å². The number of aryl methyl sites for hydroxylation is 1. The third-order valence-corrected chi connectivity index (χ3v) is 5.39. The number of thioether (sulfide) groups is 1. The Balaban J connectivity index is 1.57. The third kappa shape index (κ3) is 5.45. The van der Waals surface area contributed by atoms with Crippen molar-refractivity contribution in [2.24, 2.45) is 0 Å². The Hall–Kier alpha value is -2.60. The van der Waals surface area contributed by atoms with E-state index in [-0.39, 0.29) is 5.91 Å². The average Bonchev–Trinajstić information content (AvgIpc) is 3.10. The molecule has 1 heterocycles. The van der Waals surface area contributed by atoms with Crippen LogP contribution in [0.5, 0.6) is 0 Å². The van der Waals surface area contributed by atoms with Gasteiger partial charge in [0.15, 0.2) is 5.16 Å². The molecule has 5 nitrogen and oxygen atoms in total. The van der Waals surface area contributed by atoms with Crippen LogP contribution in [0.15, 0.2) is 59.8 Å². The minimum absolute atomic E-state index is 0.0384. The van der Waals surface area contributed by atoms with Gasteiger partial charge in [0.1, 0.15) is 5.82 Å². The molecule has 0 saturated heterocycles. The Morgan fingerprint density at radius 3 is 2.43 bits per heavy atom.